The summed E-state index contributed by atoms with van der Waals surface area (Å²) in [7, 11) is -5.64. The molecule has 2 aromatic carbocycles. The Kier molecular flexibility index (Phi) is 10.1. The molecule has 0 saturated carbocycles. The third kappa shape index (κ3) is 8.27. The molecule has 0 saturated heterocycles. The summed E-state index contributed by atoms with van der Waals surface area (Å²) in [6, 6.07) is 8.49. The van der Waals surface area contributed by atoms with Gasteiger partial charge in [0.1, 0.15) is 23.7 Å². The second kappa shape index (κ2) is 12.7. The third-order valence-electron chi connectivity index (χ3n) is 7.03. The van der Waals surface area contributed by atoms with Gasteiger partial charge >= 0.3 is 6.18 Å². The molecule has 1 aromatic heterocycles. The summed E-state index contributed by atoms with van der Waals surface area (Å²) in [5.74, 6) is -5.56. The Balaban J connectivity index is 1.94. The van der Waals surface area contributed by atoms with Crippen LogP contribution < -0.4 is 10.1 Å². The molecule has 1 heterocycles. The molecule has 238 valence electrons. The zero-order valence-electron chi connectivity index (χ0n) is 25.1. The van der Waals surface area contributed by atoms with Gasteiger partial charge in [-0.25, -0.2) is 13.6 Å². The van der Waals surface area contributed by atoms with Crippen LogP contribution in [0.5, 0.6) is 11.5 Å². The Hall–Kier alpha value is -3.69. The lowest BCUT2D eigenvalue weighted by atomic mass is 10.1. The summed E-state index contributed by atoms with van der Waals surface area (Å²) in [5.41, 5.74) is -2.89. The second-order valence-electron chi connectivity index (χ2n) is 11.4. The Morgan fingerprint density at radius 3 is 2.25 bits per heavy atom. The van der Waals surface area contributed by atoms with E-state index in [1.807, 2.05) is 33.9 Å². The molecule has 0 bridgehead atoms. The lowest BCUT2D eigenvalue weighted by molar-refractivity contribution is -0.140. The highest BCUT2D eigenvalue weighted by Gasteiger charge is 2.38. The summed E-state index contributed by atoms with van der Waals surface area (Å²) in [4.78, 5) is 29.3. The minimum Gasteiger partial charge on any atom is -0.455 e. The van der Waals surface area contributed by atoms with E-state index in [-0.39, 0.29) is 33.7 Å². The monoisotopic (exact) mass is 657 g/mol. The number of ether oxygens (including phenoxy) is 1. The molecule has 0 aliphatic carbocycles. The van der Waals surface area contributed by atoms with Crippen LogP contribution in [-0.4, -0.2) is 42.2 Å². The van der Waals surface area contributed by atoms with E-state index in [1.165, 1.54) is 37.4 Å². The van der Waals surface area contributed by atoms with E-state index in [4.69, 9.17) is 9.16 Å². The predicted octanol–water partition coefficient (Wildman–Crippen LogP) is 7.74. The van der Waals surface area contributed by atoms with Crippen molar-refractivity contribution in [3.63, 3.8) is 0 Å². The molecule has 2 amide bonds. The molecule has 3 rings (SSSR count). The largest absolute Gasteiger partial charge is 0.455 e. The number of nitrogens with zero attached hydrogens (tertiary/aromatic N) is 2. The normalized spacial score (nSPS) is 13.6. The fourth-order valence-corrected chi connectivity index (χ4v) is 5.69. The number of pyridine rings is 1. The molecular weight excluding hydrogens is 625 g/mol. The molecule has 3 aromatic rings. The Labute approximate surface area is 253 Å². The van der Waals surface area contributed by atoms with Crippen LogP contribution in [0.25, 0.3) is 0 Å². The third-order valence-corrected chi connectivity index (χ3v) is 13.2. The second-order valence-corrected chi connectivity index (χ2v) is 18.5. The fraction of sp³-hybridized carbons (Fsp3) is 0.345. The Bertz CT molecular complexity index is 1710. The maximum Gasteiger partial charge on any atom is 0.419 e. The minimum absolute atomic E-state index is 0.00455. The first-order valence-electron chi connectivity index (χ1n) is 13.1. The Morgan fingerprint density at radius 1 is 1.02 bits per heavy atom. The quantitative estimate of drug-likeness (QED) is 0.151. The highest BCUT2D eigenvalue weighted by molar-refractivity contribution is 7.93. The van der Waals surface area contributed by atoms with Crippen molar-refractivity contribution in [2.75, 3.05) is 18.2 Å². The lowest BCUT2D eigenvalue weighted by Gasteiger charge is -2.35. The Morgan fingerprint density at radius 2 is 1.66 bits per heavy atom. The topological polar surface area (TPSA) is 107 Å². The molecule has 1 atom stereocenters. The summed E-state index contributed by atoms with van der Waals surface area (Å²) >= 11 is 0. The van der Waals surface area contributed by atoms with Crippen LogP contribution in [-0.2, 0) is 25.1 Å². The predicted molar refractivity (Wildman–Crippen MR) is 158 cm³/mol. The van der Waals surface area contributed by atoms with Gasteiger partial charge in [0.25, 0.3) is 11.8 Å². The number of carbonyl (C=O) groups is 2. The fourth-order valence-electron chi connectivity index (χ4n) is 3.55. The first-order chi connectivity index (χ1) is 20.1. The van der Waals surface area contributed by atoms with E-state index in [0.717, 1.165) is 18.2 Å². The van der Waals surface area contributed by atoms with Crippen molar-refractivity contribution >= 4 is 35.5 Å². The van der Waals surface area contributed by atoms with Crippen LogP contribution >= 0.6 is 0 Å². The van der Waals surface area contributed by atoms with Gasteiger partial charge in [0.15, 0.2) is 14.1 Å². The van der Waals surface area contributed by atoms with Crippen LogP contribution in [0.1, 0.15) is 42.4 Å². The molecule has 0 aliphatic heterocycles. The van der Waals surface area contributed by atoms with Crippen molar-refractivity contribution in [3.05, 3.63) is 77.1 Å². The number of nitrogens with one attached hydrogen (secondary N) is 1. The number of aryl methyl sites for hydroxylation is 1. The number of rotatable bonds is 8. The molecule has 0 spiro atoms. The molecule has 8 nitrogen and oxygen atoms in total. The summed E-state index contributed by atoms with van der Waals surface area (Å²) in [6.45, 7) is 10.8. The van der Waals surface area contributed by atoms with Crippen molar-refractivity contribution in [1.29, 1.82) is 0 Å². The SMILES string of the molecule is Cc1nc(F)ccc1Oc1ccc(C(F)(F)F)c(F)c1C(=O)Nc1cccc([S@@](C)(=O)=NC(=O)CO[Si](C)(C)C(C)(C)C)c1. The number of hydrogen-bond acceptors (Lipinski definition) is 6. The molecule has 15 heteroatoms. The van der Waals surface area contributed by atoms with Gasteiger partial charge < -0.3 is 14.5 Å². The van der Waals surface area contributed by atoms with Crippen LogP contribution in [0, 0.1) is 18.7 Å². The van der Waals surface area contributed by atoms with E-state index in [0.29, 0.717) is 6.07 Å². The molecule has 44 heavy (non-hydrogen) atoms. The van der Waals surface area contributed by atoms with Crippen molar-refractivity contribution in [1.82, 2.24) is 4.98 Å². The van der Waals surface area contributed by atoms with Crippen molar-refractivity contribution in [2.24, 2.45) is 4.36 Å². The highest BCUT2D eigenvalue weighted by Crippen LogP contribution is 2.38. The first-order valence-corrected chi connectivity index (χ1v) is 18.0. The molecule has 0 radical (unpaired) electrons. The first kappa shape index (κ1) is 34.8. The number of hydrogen-bond donors (Lipinski definition) is 1. The molecule has 0 unspecified atom stereocenters. The van der Waals surface area contributed by atoms with Crippen molar-refractivity contribution in [2.45, 2.75) is 56.9 Å². The van der Waals surface area contributed by atoms with Gasteiger partial charge in [-0.05, 0) is 67.5 Å². The maximum absolute atomic E-state index is 15.2. The zero-order chi connectivity index (χ0) is 33.3. The lowest BCUT2D eigenvalue weighted by Crippen LogP contribution is -2.42. The van der Waals surface area contributed by atoms with Gasteiger partial charge in [0.2, 0.25) is 5.95 Å². The number of alkyl halides is 3. The highest BCUT2D eigenvalue weighted by atomic mass is 32.2. The van der Waals surface area contributed by atoms with Crippen molar-refractivity contribution in [3.8, 4) is 11.5 Å². The van der Waals surface area contributed by atoms with Gasteiger partial charge in [-0.2, -0.15) is 21.9 Å². The number of benzene rings is 2. The summed E-state index contributed by atoms with van der Waals surface area (Å²) < 4.78 is 97.7. The average molecular weight is 658 g/mol. The molecule has 0 aliphatic rings. The maximum atomic E-state index is 15.2. The standard InChI is InChI=1S/C29H32F5N3O5SSi/c1-17-21(13-14-23(30)35-17)42-22-12-11-20(29(32,33)34)26(31)25(22)27(39)36-18-9-8-10-19(15-18)43(5,40)37-24(38)16-41-44(6,7)28(2,3)4/h8-15H,16H2,1-7H3,(H,36,39)/t43-/m1/s1. The average Bonchev–Trinajstić information content (AvgIpc) is 2.87. The number of carbonyl (C=O) groups excluding carboxylic acids is 2. The van der Waals surface area contributed by atoms with E-state index in [9.17, 15) is 31.4 Å². The zero-order valence-corrected chi connectivity index (χ0v) is 26.9. The molecule has 1 N–H and O–H groups in total. The van der Waals surface area contributed by atoms with Crippen LogP contribution in [0.15, 0.2) is 57.8 Å². The van der Waals surface area contributed by atoms with Gasteiger partial charge in [0.05, 0.1) is 21.0 Å². The van der Waals surface area contributed by atoms with Gasteiger partial charge in [-0.1, -0.05) is 26.8 Å². The van der Waals surface area contributed by atoms with Gasteiger partial charge in [0, 0.05) is 16.8 Å². The van der Waals surface area contributed by atoms with E-state index in [2.05, 4.69) is 14.7 Å². The van der Waals surface area contributed by atoms with E-state index in [1.54, 1.807) is 0 Å². The number of amides is 2. The summed E-state index contributed by atoms with van der Waals surface area (Å²) in [5, 5.41) is 2.11. The van der Waals surface area contributed by atoms with E-state index < -0.39 is 64.7 Å². The number of halogens is 5. The smallest absolute Gasteiger partial charge is 0.419 e. The van der Waals surface area contributed by atoms with Gasteiger partial charge in [-0.15, -0.1) is 0 Å². The number of anilines is 1. The summed E-state index contributed by atoms with van der Waals surface area (Å²) in [6.07, 6.45) is -3.93. The van der Waals surface area contributed by atoms with Crippen LogP contribution in [0.3, 0.4) is 0 Å². The van der Waals surface area contributed by atoms with Crippen LogP contribution in [0.4, 0.5) is 27.6 Å². The minimum atomic E-state index is -5.14. The van der Waals surface area contributed by atoms with E-state index >= 15 is 4.39 Å². The van der Waals surface area contributed by atoms with Crippen molar-refractivity contribution < 1.29 is 44.9 Å². The number of aromatic nitrogens is 1. The van der Waals surface area contributed by atoms with Crippen LogP contribution in [0.2, 0.25) is 18.1 Å². The molecular formula is C29H32F5N3O5SSi. The van der Waals surface area contributed by atoms with Gasteiger partial charge in [-0.3, -0.25) is 9.59 Å². The molecule has 0 fully saturated rings.